The van der Waals surface area contributed by atoms with Crippen molar-refractivity contribution in [1.29, 1.82) is 0 Å². The van der Waals surface area contributed by atoms with E-state index in [0.717, 1.165) is 11.6 Å². The average molecular weight is 427 g/mol. The summed E-state index contributed by atoms with van der Waals surface area (Å²) >= 11 is 0. The average Bonchev–Trinajstić information content (AvgIpc) is 2.72. The van der Waals surface area contributed by atoms with Gasteiger partial charge in [-0.05, 0) is 23.8 Å². The normalized spacial score (nSPS) is 11.0. The summed E-state index contributed by atoms with van der Waals surface area (Å²) in [5, 5.41) is 18.9. The van der Waals surface area contributed by atoms with Crippen LogP contribution in [0.5, 0.6) is 5.75 Å². The van der Waals surface area contributed by atoms with Gasteiger partial charge in [-0.2, -0.15) is 0 Å². The summed E-state index contributed by atoms with van der Waals surface area (Å²) < 4.78 is 29.0. The minimum atomic E-state index is -4.06. The van der Waals surface area contributed by atoms with Crippen LogP contribution in [0.1, 0.15) is 15.9 Å². The van der Waals surface area contributed by atoms with Crippen molar-refractivity contribution in [2.75, 3.05) is 5.32 Å². The number of nitrogens with zero attached hydrogens (tertiary/aromatic N) is 1. The second-order valence-electron chi connectivity index (χ2n) is 6.21. The lowest BCUT2D eigenvalue weighted by Gasteiger charge is -2.11. The first kappa shape index (κ1) is 21.0. The van der Waals surface area contributed by atoms with Crippen molar-refractivity contribution in [3.63, 3.8) is 0 Å². The molecule has 0 atom stereocenters. The van der Waals surface area contributed by atoms with Crippen molar-refractivity contribution in [3.8, 4) is 5.75 Å². The molecule has 3 aromatic carbocycles. The van der Waals surface area contributed by atoms with E-state index in [4.69, 9.17) is 9.88 Å². The number of benzene rings is 3. The maximum Gasteiger partial charge on any atom is 0.310 e. The minimum absolute atomic E-state index is 0.00453. The zero-order chi connectivity index (χ0) is 21.7. The van der Waals surface area contributed by atoms with E-state index in [0.29, 0.717) is 0 Å². The smallest absolute Gasteiger partial charge is 0.310 e. The number of anilines is 1. The van der Waals surface area contributed by atoms with Crippen LogP contribution < -0.4 is 15.2 Å². The fourth-order valence-corrected chi connectivity index (χ4v) is 3.36. The third kappa shape index (κ3) is 4.99. The van der Waals surface area contributed by atoms with E-state index < -0.39 is 20.9 Å². The Labute approximate surface area is 172 Å². The van der Waals surface area contributed by atoms with E-state index in [1.165, 1.54) is 36.4 Å². The van der Waals surface area contributed by atoms with Crippen molar-refractivity contribution in [1.82, 2.24) is 0 Å². The number of nitrogens with one attached hydrogen (secondary N) is 1. The molecule has 10 heteroatoms. The number of ether oxygens (including phenoxy) is 1. The zero-order valence-corrected chi connectivity index (χ0v) is 16.3. The lowest BCUT2D eigenvalue weighted by Crippen LogP contribution is -2.18. The fourth-order valence-electron chi connectivity index (χ4n) is 2.67. The molecule has 0 bridgehead atoms. The first-order chi connectivity index (χ1) is 14.3. The monoisotopic (exact) mass is 427 g/mol. The Morgan fingerprint density at radius 1 is 1.03 bits per heavy atom. The van der Waals surface area contributed by atoms with Crippen LogP contribution in [0.3, 0.4) is 0 Å². The quantitative estimate of drug-likeness (QED) is 0.438. The van der Waals surface area contributed by atoms with Gasteiger partial charge in [-0.15, -0.1) is 0 Å². The molecule has 3 N–H and O–H groups in total. The van der Waals surface area contributed by atoms with Gasteiger partial charge in [0.05, 0.1) is 10.6 Å². The lowest BCUT2D eigenvalue weighted by molar-refractivity contribution is -0.385. The summed E-state index contributed by atoms with van der Waals surface area (Å²) in [6, 6.07) is 18.3. The summed E-state index contributed by atoms with van der Waals surface area (Å²) in [4.78, 5) is 23.1. The van der Waals surface area contributed by atoms with Gasteiger partial charge in [0.1, 0.15) is 11.5 Å². The number of nitro groups is 1. The molecule has 1 amide bonds. The largest absolute Gasteiger partial charge is 0.482 e. The maximum atomic E-state index is 12.6. The number of nitro benzene ring substituents is 1. The Kier molecular flexibility index (Phi) is 6.09. The Hall–Kier alpha value is -3.76. The highest BCUT2D eigenvalue weighted by Crippen LogP contribution is 2.29. The van der Waals surface area contributed by atoms with E-state index in [1.54, 1.807) is 24.3 Å². The molecule has 0 heterocycles. The van der Waals surface area contributed by atoms with Crippen LogP contribution in [-0.4, -0.2) is 19.2 Å². The number of hydrogen-bond donors (Lipinski definition) is 2. The Bertz CT molecular complexity index is 1200. The summed E-state index contributed by atoms with van der Waals surface area (Å²) in [7, 11) is -4.06. The first-order valence-corrected chi connectivity index (χ1v) is 10.2. The van der Waals surface area contributed by atoms with Crippen molar-refractivity contribution >= 4 is 27.3 Å². The summed E-state index contributed by atoms with van der Waals surface area (Å²) in [6.07, 6.45) is 0. The molecule has 9 nitrogen and oxygen atoms in total. The van der Waals surface area contributed by atoms with Crippen LogP contribution in [0.2, 0.25) is 0 Å². The van der Waals surface area contributed by atoms with Gasteiger partial charge in [-0.1, -0.05) is 42.5 Å². The van der Waals surface area contributed by atoms with Crippen LogP contribution in [0, 0.1) is 10.1 Å². The van der Waals surface area contributed by atoms with Crippen LogP contribution in [-0.2, 0) is 16.6 Å². The molecule has 0 fully saturated rings. The van der Waals surface area contributed by atoms with Crippen LogP contribution in [0.25, 0.3) is 0 Å². The molecular formula is C20H17N3O6S. The van der Waals surface area contributed by atoms with E-state index >= 15 is 0 Å². The molecule has 0 unspecified atom stereocenters. The summed E-state index contributed by atoms with van der Waals surface area (Å²) in [5.41, 5.74) is 0.541. The topological polar surface area (TPSA) is 142 Å². The predicted molar refractivity (Wildman–Crippen MR) is 110 cm³/mol. The highest BCUT2D eigenvalue weighted by atomic mass is 32.2. The molecule has 0 aromatic heterocycles. The van der Waals surface area contributed by atoms with Crippen molar-refractivity contribution < 1.29 is 22.9 Å². The standard InChI is InChI=1S/C20H17N3O6S/c21-30(27,28)19-9-5-4-8-16(19)22-20(24)15-10-11-17(23(25)26)18(12-15)29-13-14-6-2-1-3-7-14/h1-12H,13H2,(H,22,24)(H2,21,27,28). The molecule has 0 radical (unpaired) electrons. The number of amides is 1. The SMILES string of the molecule is NS(=O)(=O)c1ccccc1NC(=O)c1ccc([N+](=O)[O-])c(OCc2ccccc2)c1. The highest BCUT2D eigenvalue weighted by Gasteiger charge is 2.20. The van der Waals surface area contributed by atoms with Crippen molar-refractivity contribution in [2.24, 2.45) is 5.14 Å². The fraction of sp³-hybridized carbons (Fsp3) is 0.0500. The van der Waals surface area contributed by atoms with Gasteiger partial charge >= 0.3 is 5.69 Å². The van der Waals surface area contributed by atoms with E-state index in [-0.39, 0.29) is 34.2 Å². The number of sulfonamides is 1. The molecule has 0 aliphatic rings. The Morgan fingerprint density at radius 2 is 1.70 bits per heavy atom. The van der Waals surface area contributed by atoms with Gasteiger partial charge in [-0.3, -0.25) is 14.9 Å². The maximum absolute atomic E-state index is 12.6. The number of rotatable bonds is 7. The van der Waals surface area contributed by atoms with E-state index in [9.17, 15) is 23.3 Å². The number of para-hydroxylation sites is 1. The van der Waals surface area contributed by atoms with Gasteiger partial charge < -0.3 is 10.1 Å². The van der Waals surface area contributed by atoms with Crippen LogP contribution in [0.4, 0.5) is 11.4 Å². The molecule has 154 valence electrons. The molecule has 0 aliphatic carbocycles. The highest BCUT2D eigenvalue weighted by molar-refractivity contribution is 7.89. The molecule has 3 rings (SSSR count). The molecule has 3 aromatic rings. The van der Waals surface area contributed by atoms with E-state index in [1.807, 2.05) is 6.07 Å². The van der Waals surface area contributed by atoms with E-state index in [2.05, 4.69) is 5.32 Å². The summed E-state index contributed by atoms with van der Waals surface area (Å²) in [6.45, 7) is 0.0704. The lowest BCUT2D eigenvalue weighted by atomic mass is 10.1. The van der Waals surface area contributed by atoms with Crippen molar-refractivity contribution in [2.45, 2.75) is 11.5 Å². The molecular weight excluding hydrogens is 410 g/mol. The van der Waals surface area contributed by atoms with Gasteiger partial charge in [-0.25, -0.2) is 13.6 Å². The zero-order valence-electron chi connectivity index (χ0n) is 15.5. The number of carbonyl (C=O) groups excluding carboxylic acids is 1. The van der Waals surface area contributed by atoms with Crippen LogP contribution in [0.15, 0.2) is 77.7 Å². The second kappa shape index (κ2) is 8.72. The Morgan fingerprint density at radius 3 is 2.37 bits per heavy atom. The van der Waals surface area contributed by atoms with Crippen LogP contribution >= 0.6 is 0 Å². The second-order valence-corrected chi connectivity index (χ2v) is 7.74. The molecule has 30 heavy (non-hydrogen) atoms. The molecule has 0 saturated carbocycles. The molecule has 0 saturated heterocycles. The Balaban J connectivity index is 1.87. The van der Waals surface area contributed by atoms with Gasteiger partial charge in [0.25, 0.3) is 5.91 Å². The number of nitrogens with two attached hydrogens (primary N) is 1. The number of hydrogen-bond acceptors (Lipinski definition) is 6. The van der Waals surface area contributed by atoms with Gasteiger partial charge in [0, 0.05) is 17.7 Å². The molecule has 0 aliphatic heterocycles. The summed E-state index contributed by atoms with van der Waals surface area (Å²) in [5.74, 6) is -0.762. The number of primary sulfonamides is 1. The minimum Gasteiger partial charge on any atom is -0.482 e. The number of carbonyl (C=O) groups is 1. The third-order valence-corrected chi connectivity index (χ3v) is 5.07. The van der Waals surface area contributed by atoms with Gasteiger partial charge in [0.15, 0.2) is 5.75 Å². The third-order valence-electron chi connectivity index (χ3n) is 4.10. The van der Waals surface area contributed by atoms with Crippen molar-refractivity contribution in [3.05, 3.63) is 94.0 Å². The first-order valence-electron chi connectivity index (χ1n) is 8.64. The molecule has 0 spiro atoms. The predicted octanol–water partition coefficient (Wildman–Crippen LogP) is 3.07. The van der Waals surface area contributed by atoms with Gasteiger partial charge in [0.2, 0.25) is 10.0 Å².